The smallest absolute Gasteiger partial charge is 0.257 e. The fourth-order valence-electron chi connectivity index (χ4n) is 0.790. The van der Waals surface area contributed by atoms with Crippen LogP contribution in [-0.4, -0.2) is 22.4 Å². The van der Waals surface area contributed by atoms with E-state index in [1.165, 1.54) is 7.11 Å². The molecule has 0 saturated carbocycles. The third-order valence-corrected chi connectivity index (χ3v) is 1.73. The molecule has 0 bridgehead atoms. The summed E-state index contributed by atoms with van der Waals surface area (Å²) >= 11 is 3.27. The van der Waals surface area contributed by atoms with Crippen LogP contribution in [0.3, 0.4) is 0 Å². The van der Waals surface area contributed by atoms with Gasteiger partial charge in [0.1, 0.15) is 0 Å². The molecule has 5 heteroatoms. The molecule has 4 nitrogen and oxygen atoms in total. The van der Waals surface area contributed by atoms with Crippen LogP contribution in [0.2, 0.25) is 0 Å². The summed E-state index contributed by atoms with van der Waals surface area (Å²) in [5.74, 6) is 0.662. The van der Waals surface area contributed by atoms with Crippen LogP contribution in [0.25, 0.3) is 6.08 Å². The van der Waals surface area contributed by atoms with Gasteiger partial charge in [-0.3, -0.25) is 0 Å². The standard InChI is InChI=1S/C8H10BrN3O/c1-13-8-7(10)11-5-6(12-8)3-2-4-9/h2-3,5H,4H2,1H3,(H2,10,11). The van der Waals surface area contributed by atoms with Crippen molar-refractivity contribution in [3.63, 3.8) is 0 Å². The highest BCUT2D eigenvalue weighted by Gasteiger charge is 2.01. The van der Waals surface area contributed by atoms with Crippen LogP contribution in [0.5, 0.6) is 5.88 Å². The second kappa shape index (κ2) is 4.81. The molecule has 0 radical (unpaired) electrons. The number of ether oxygens (including phenoxy) is 1. The van der Waals surface area contributed by atoms with Crippen molar-refractivity contribution in [2.24, 2.45) is 0 Å². The van der Waals surface area contributed by atoms with Crippen molar-refractivity contribution >= 4 is 27.8 Å². The van der Waals surface area contributed by atoms with Gasteiger partial charge < -0.3 is 10.5 Å². The molecule has 0 aliphatic heterocycles. The fraction of sp³-hybridized carbons (Fsp3) is 0.250. The molecule has 1 aromatic heterocycles. The number of hydrogen-bond acceptors (Lipinski definition) is 4. The van der Waals surface area contributed by atoms with Crippen LogP contribution in [0, 0.1) is 0 Å². The van der Waals surface area contributed by atoms with E-state index in [2.05, 4.69) is 25.9 Å². The molecule has 0 spiro atoms. The summed E-state index contributed by atoms with van der Waals surface area (Å²) in [5, 5.41) is 0.779. The molecule has 70 valence electrons. The van der Waals surface area contributed by atoms with E-state index in [0.717, 1.165) is 11.0 Å². The summed E-state index contributed by atoms with van der Waals surface area (Å²) in [6.07, 6.45) is 5.35. The minimum absolute atomic E-state index is 0.304. The van der Waals surface area contributed by atoms with Crippen molar-refractivity contribution in [1.29, 1.82) is 0 Å². The van der Waals surface area contributed by atoms with E-state index in [1.807, 2.05) is 12.2 Å². The number of nitrogens with zero attached hydrogens (tertiary/aromatic N) is 2. The normalized spacial score (nSPS) is 10.6. The highest BCUT2D eigenvalue weighted by Crippen LogP contribution is 2.14. The van der Waals surface area contributed by atoms with Crippen LogP contribution < -0.4 is 10.5 Å². The molecular formula is C8H10BrN3O. The van der Waals surface area contributed by atoms with E-state index in [4.69, 9.17) is 10.5 Å². The molecule has 0 aliphatic rings. The molecule has 0 unspecified atom stereocenters. The maximum absolute atomic E-state index is 5.50. The molecule has 0 atom stereocenters. The molecule has 0 aromatic carbocycles. The molecule has 0 fully saturated rings. The number of aromatic nitrogens is 2. The van der Waals surface area contributed by atoms with Crippen LogP contribution in [-0.2, 0) is 0 Å². The van der Waals surface area contributed by atoms with Crippen LogP contribution in [0.4, 0.5) is 5.82 Å². The maximum atomic E-state index is 5.50. The van der Waals surface area contributed by atoms with Crippen molar-refractivity contribution in [2.75, 3.05) is 18.2 Å². The van der Waals surface area contributed by atoms with Crippen molar-refractivity contribution in [3.05, 3.63) is 18.0 Å². The Morgan fingerprint density at radius 3 is 3.08 bits per heavy atom. The monoisotopic (exact) mass is 243 g/mol. The number of methoxy groups -OCH3 is 1. The average Bonchev–Trinajstić information content (AvgIpc) is 2.16. The molecule has 13 heavy (non-hydrogen) atoms. The Morgan fingerprint density at radius 1 is 1.69 bits per heavy atom. The van der Waals surface area contributed by atoms with Gasteiger partial charge in [-0.1, -0.05) is 22.0 Å². The van der Waals surface area contributed by atoms with Gasteiger partial charge in [-0.05, 0) is 6.08 Å². The van der Waals surface area contributed by atoms with Crippen molar-refractivity contribution in [2.45, 2.75) is 0 Å². The Hall–Kier alpha value is -1.10. The first-order valence-electron chi connectivity index (χ1n) is 3.67. The number of hydrogen-bond donors (Lipinski definition) is 1. The molecule has 2 N–H and O–H groups in total. The topological polar surface area (TPSA) is 61.0 Å². The molecule has 0 saturated heterocycles. The SMILES string of the molecule is COc1nc(C=CCBr)cnc1N. The molecule has 1 aromatic rings. The quantitative estimate of drug-likeness (QED) is 0.818. The van der Waals surface area contributed by atoms with Gasteiger partial charge in [0.05, 0.1) is 19.0 Å². The fourth-order valence-corrected chi connectivity index (χ4v) is 0.977. The molecule has 0 amide bonds. The Labute approximate surface area is 85.0 Å². The van der Waals surface area contributed by atoms with Crippen LogP contribution >= 0.6 is 15.9 Å². The average molecular weight is 244 g/mol. The van der Waals surface area contributed by atoms with Gasteiger partial charge in [0.25, 0.3) is 5.88 Å². The van der Waals surface area contributed by atoms with Crippen molar-refractivity contribution in [3.8, 4) is 5.88 Å². The van der Waals surface area contributed by atoms with Gasteiger partial charge in [0.15, 0.2) is 5.82 Å². The second-order valence-corrected chi connectivity index (χ2v) is 2.89. The van der Waals surface area contributed by atoms with Crippen molar-refractivity contribution < 1.29 is 4.74 Å². The minimum atomic E-state index is 0.304. The van der Waals surface area contributed by atoms with E-state index in [-0.39, 0.29) is 0 Å². The zero-order chi connectivity index (χ0) is 9.68. The summed E-state index contributed by atoms with van der Waals surface area (Å²) in [4.78, 5) is 8.04. The van der Waals surface area contributed by atoms with E-state index >= 15 is 0 Å². The van der Waals surface area contributed by atoms with Gasteiger partial charge in [-0.25, -0.2) is 9.97 Å². The van der Waals surface area contributed by atoms with Gasteiger partial charge in [0, 0.05) is 5.33 Å². The van der Waals surface area contributed by atoms with E-state index < -0.39 is 0 Å². The number of nitrogen functional groups attached to an aromatic ring is 1. The number of halogens is 1. The van der Waals surface area contributed by atoms with E-state index in [1.54, 1.807) is 6.20 Å². The zero-order valence-corrected chi connectivity index (χ0v) is 8.78. The maximum Gasteiger partial charge on any atom is 0.257 e. The first-order chi connectivity index (χ1) is 6.27. The Bertz CT molecular complexity index is 314. The summed E-state index contributed by atoms with van der Waals surface area (Å²) < 4.78 is 4.92. The number of rotatable bonds is 3. The second-order valence-electron chi connectivity index (χ2n) is 2.25. The summed E-state index contributed by atoms with van der Waals surface area (Å²) in [7, 11) is 1.51. The third kappa shape index (κ3) is 2.69. The minimum Gasteiger partial charge on any atom is -0.478 e. The van der Waals surface area contributed by atoms with Crippen LogP contribution in [0.1, 0.15) is 5.69 Å². The lowest BCUT2D eigenvalue weighted by molar-refractivity contribution is 0.398. The lowest BCUT2D eigenvalue weighted by Gasteiger charge is -2.01. The Balaban J connectivity index is 2.92. The summed E-state index contributed by atoms with van der Waals surface area (Å²) in [6.45, 7) is 0. The zero-order valence-electron chi connectivity index (χ0n) is 7.20. The van der Waals surface area contributed by atoms with Gasteiger partial charge in [0.2, 0.25) is 0 Å². The van der Waals surface area contributed by atoms with Gasteiger partial charge >= 0.3 is 0 Å². The summed E-state index contributed by atoms with van der Waals surface area (Å²) in [5.41, 5.74) is 6.22. The summed E-state index contributed by atoms with van der Waals surface area (Å²) in [6, 6.07) is 0. The Morgan fingerprint density at radius 2 is 2.46 bits per heavy atom. The predicted octanol–water partition coefficient (Wildman–Crippen LogP) is 1.48. The predicted molar refractivity (Wildman–Crippen MR) is 55.8 cm³/mol. The molecule has 1 rings (SSSR count). The largest absolute Gasteiger partial charge is 0.478 e. The van der Waals surface area contributed by atoms with Crippen molar-refractivity contribution in [1.82, 2.24) is 9.97 Å². The number of alkyl halides is 1. The molecular weight excluding hydrogens is 234 g/mol. The Kier molecular flexibility index (Phi) is 3.70. The highest BCUT2D eigenvalue weighted by molar-refractivity contribution is 9.09. The molecule has 1 heterocycles. The highest BCUT2D eigenvalue weighted by atomic mass is 79.9. The van der Waals surface area contributed by atoms with E-state index in [9.17, 15) is 0 Å². The first kappa shape index (κ1) is 9.98. The number of allylic oxidation sites excluding steroid dienone is 1. The lowest BCUT2D eigenvalue weighted by atomic mass is 10.4. The molecule has 0 aliphatic carbocycles. The lowest BCUT2D eigenvalue weighted by Crippen LogP contribution is -1.99. The van der Waals surface area contributed by atoms with Crippen LogP contribution in [0.15, 0.2) is 12.3 Å². The third-order valence-electron chi connectivity index (χ3n) is 1.36. The number of anilines is 1. The van der Waals surface area contributed by atoms with Gasteiger partial charge in [-0.15, -0.1) is 0 Å². The number of nitrogens with two attached hydrogens (primary N) is 1. The first-order valence-corrected chi connectivity index (χ1v) is 4.79. The van der Waals surface area contributed by atoms with E-state index in [0.29, 0.717) is 11.7 Å². The van der Waals surface area contributed by atoms with Gasteiger partial charge in [-0.2, -0.15) is 0 Å².